The number of rotatable bonds is 12. The lowest BCUT2D eigenvalue weighted by atomic mass is 10.1. The third kappa shape index (κ3) is 12.0. The maximum atomic E-state index is 5.36. The average Bonchev–Trinajstić information content (AvgIpc) is 2.30. The third-order valence-corrected chi connectivity index (χ3v) is 2.85. The Morgan fingerprint density at radius 1 is 0.938 bits per heavy atom. The van der Waals surface area contributed by atoms with E-state index in [1.165, 1.54) is 44.9 Å². The monoisotopic (exact) mass is 229 g/mol. The van der Waals surface area contributed by atoms with Crippen LogP contribution in [0.15, 0.2) is 0 Å². The van der Waals surface area contributed by atoms with Gasteiger partial charge in [-0.25, -0.2) is 0 Å². The van der Waals surface area contributed by atoms with Crippen molar-refractivity contribution >= 4 is 0 Å². The van der Waals surface area contributed by atoms with Crippen LogP contribution in [-0.4, -0.2) is 25.8 Å². The number of ether oxygens (including phenoxy) is 1. The quantitative estimate of drug-likeness (QED) is 0.515. The average molecular weight is 229 g/mol. The summed E-state index contributed by atoms with van der Waals surface area (Å²) in [5.74, 6) is 0. The molecular weight excluding hydrogens is 198 g/mol. The van der Waals surface area contributed by atoms with Crippen molar-refractivity contribution in [1.29, 1.82) is 0 Å². The van der Waals surface area contributed by atoms with E-state index in [-0.39, 0.29) is 0 Å². The largest absolute Gasteiger partial charge is 0.380 e. The van der Waals surface area contributed by atoms with Gasteiger partial charge in [-0.15, -0.1) is 0 Å². The molecule has 98 valence electrons. The van der Waals surface area contributed by atoms with Gasteiger partial charge in [0.05, 0.1) is 6.61 Å². The second-order valence-corrected chi connectivity index (χ2v) is 4.64. The minimum Gasteiger partial charge on any atom is -0.380 e. The Hall–Kier alpha value is -0.0800. The minimum atomic E-state index is 0.500. The van der Waals surface area contributed by atoms with Crippen molar-refractivity contribution in [3.63, 3.8) is 0 Å². The van der Waals surface area contributed by atoms with Gasteiger partial charge >= 0.3 is 0 Å². The summed E-state index contributed by atoms with van der Waals surface area (Å²) >= 11 is 0. The first-order valence-electron chi connectivity index (χ1n) is 7.12. The maximum Gasteiger partial charge on any atom is 0.0616 e. The molecule has 1 N–H and O–H groups in total. The predicted molar refractivity (Wildman–Crippen MR) is 72.0 cm³/mol. The van der Waals surface area contributed by atoms with Gasteiger partial charge < -0.3 is 10.1 Å². The van der Waals surface area contributed by atoms with E-state index in [9.17, 15) is 0 Å². The van der Waals surface area contributed by atoms with Gasteiger partial charge in [-0.3, -0.25) is 0 Å². The van der Waals surface area contributed by atoms with Crippen LogP contribution in [0.1, 0.15) is 65.7 Å². The Morgan fingerprint density at radius 2 is 1.56 bits per heavy atom. The summed E-state index contributed by atoms with van der Waals surface area (Å²) in [6.45, 7) is 9.31. The molecule has 0 radical (unpaired) electrons. The molecule has 0 aromatic rings. The topological polar surface area (TPSA) is 21.3 Å². The van der Waals surface area contributed by atoms with Gasteiger partial charge in [0.1, 0.15) is 0 Å². The number of nitrogens with one attached hydrogen (secondary N) is 1. The van der Waals surface area contributed by atoms with Gasteiger partial charge in [0.2, 0.25) is 0 Å². The molecule has 0 aliphatic heterocycles. The summed E-state index contributed by atoms with van der Waals surface area (Å²) in [4.78, 5) is 0. The van der Waals surface area contributed by atoms with E-state index in [0.717, 1.165) is 19.8 Å². The molecule has 0 rings (SSSR count). The highest BCUT2D eigenvalue weighted by Gasteiger charge is 1.99. The Kier molecular flexibility index (Phi) is 12.9. The number of hydrogen-bond donors (Lipinski definition) is 1. The Balaban J connectivity index is 3.02. The van der Waals surface area contributed by atoms with Crippen LogP contribution >= 0.6 is 0 Å². The zero-order chi connectivity index (χ0) is 12.1. The maximum absolute atomic E-state index is 5.36. The van der Waals surface area contributed by atoms with Crippen LogP contribution in [0.4, 0.5) is 0 Å². The molecule has 16 heavy (non-hydrogen) atoms. The molecule has 2 nitrogen and oxygen atoms in total. The van der Waals surface area contributed by atoms with Crippen molar-refractivity contribution in [3.05, 3.63) is 0 Å². The second kappa shape index (κ2) is 13.0. The SMILES string of the molecule is CCCCCCCCCNC(C)COCC. The van der Waals surface area contributed by atoms with Gasteiger partial charge in [-0.2, -0.15) is 0 Å². The van der Waals surface area contributed by atoms with Crippen molar-refractivity contribution < 1.29 is 4.74 Å². The third-order valence-electron chi connectivity index (χ3n) is 2.85. The first-order chi connectivity index (χ1) is 7.81. The van der Waals surface area contributed by atoms with Gasteiger partial charge in [0.15, 0.2) is 0 Å². The van der Waals surface area contributed by atoms with Gasteiger partial charge in [0.25, 0.3) is 0 Å². The minimum absolute atomic E-state index is 0.500. The summed E-state index contributed by atoms with van der Waals surface area (Å²) in [5.41, 5.74) is 0. The van der Waals surface area contributed by atoms with Crippen molar-refractivity contribution in [2.45, 2.75) is 71.8 Å². The van der Waals surface area contributed by atoms with Crippen molar-refractivity contribution in [1.82, 2.24) is 5.32 Å². The van der Waals surface area contributed by atoms with Crippen molar-refractivity contribution in [2.24, 2.45) is 0 Å². The molecule has 0 saturated carbocycles. The fourth-order valence-electron chi connectivity index (χ4n) is 1.78. The molecule has 0 aromatic carbocycles. The van der Waals surface area contributed by atoms with E-state index >= 15 is 0 Å². The highest BCUT2D eigenvalue weighted by molar-refractivity contribution is 4.59. The standard InChI is InChI=1S/C14H31NO/c1-4-6-7-8-9-10-11-12-15-14(3)13-16-5-2/h14-15H,4-13H2,1-3H3. The molecular formula is C14H31NO. The normalized spacial score (nSPS) is 12.9. The number of hydrogen-bond acceptors (Lipinski definition) is 2. The Morgan fingerprint density at radius 3 is 2.19 bits per heavy atom. The van der Waals surface area contributed by atoms with Crippen LogP contribution in [0.5, 0.6) is 0 Å². The molecule has 0 heterocycles. The fourth-order valence-corrected chi connectivity index (χ4v) is 1.78. The summed E-state index contributed by atoms with van der Waals surface area (Å²) in [6.07, 6.45) is 9.68. The summed E-state index contributed by atoms with van der Waals surface area (Å²) < 4.78 is 5.36. The molecule has 0 spiro atoms. The molecule has 0 bridgehead atoms. The first kappa shape index (κ1) is 15.9. The van der Waals surface area contributed by atoms with Gasteiger partial charge in [-0.1, -0.05) is 45.4 Å². The predicted octanol–water partition coefficient (Wildman–Crippen LogP) is 3.75. The van der Waals surface area contributed by atoms with Crippen LogP contribution in [0.25, 0.3) is 0 Å². The van der Waals surface area contributed by atoms with Crippen LogP contribution in [0.3, 0.4) is 0 Å². The second-order valence-electron chi connectivity index (χ2n) is 4.64. The van der Waals surface area contributed by atoms with E-state index < -0.39 is 0 Å². The fraction of sp³-hybridized carbons (Fsp3) is 1.00. The van der Waals surface area contributed by atoms with E-state index in [0.29, 0.717) is 6.04 Å². The molecule has 0 aromatic heterocycles. The van der Waals surface area contributed by atoms with Crippen LogP contribution in [0, 0.1) is 0 Å². The lowest BCUT2D eigenvalue weighted by molar-refractivity contribution is 0.127. The molecule has 0 fully saturated rings. The molecule has 0 aliphatic carbocycles. The lowest BCUT2D eigenvalue weighted by Gasteiger charge is -2.13. The lowest BCUT2D eigenvalue weighted by Crippen LogP contribution is -2.31. The molecule has 0 saturated heterocycles. The van der Waals surface area contributed by atoms with Gasteiger partial charge in [0, 0.05) is 12.6 Å². The van der Waals surface area contributed by atoms with E-state index in [1.807, 2.05) is 6.92 Å². The summed E-state index contributed by atoms with van der Waals surface area (Å²) in [6, 6.07) is 0.500. The van der Waals surface area contributed by atoms with E-state index in [2.05, 4.69) is 19.2 Å². The zero-order valence-corrected chi connectivity index (χ0v) is 11.6. The molecule has 0 amide bonds. The summed E-state index contributed by atoms with van der Waals surface area (Å²) in [7, 11) is 0. The van der Waals surface area contributed by atoms with Gasteiger partial charge in [-0.05, 0) is 26.8 Å². The Labute approximate surface area is 102 Å². The van der Waals surface area contributed by atoms with Crippen molar-refractivity contribution in [3.8, 4) is 0 Å². The summed E-state index contributed by atoms with van der Waals surface area (Å²) in [5, 5.41) is 3.49. The molecule has 1 atom stereocenters. The molecule has 0 aliphatic rings. The van der Waals surface area contributed by atoms with E-state index in [1.54, 1.807) is 0 Å². The van der Waals surface area contributed by atoms with Crippen molar-refractivity contribution in [2.75, 3.05) is 19.8 Å². The zero-order valence-electron chi connectivity index (χ0n) is 11.6. The first-order valence-corrected chi connectivity index (χ1v) is 7.12. The highest BCUT2D eigenvalue weighted by Crippen LogP contribution is 2.06. The van der Waals surface area contributed by atoms with Crippen LogP contribution in [0.2, 0.25) is 0 Å². The van der Waals surface area contributed by atoms with Crippen LogP contribution < -0.4 is 5.32 Å². The molecule has 1 unspecified atom stereocenters. The molecule has 2 heteroatoms. The van der Waals surface area contributed by atoms with E-state index in [4.69, 9.17) is 4.74 Å². The Bertz CT molecular complexity index is 128. The highest BCUT2D eigenvalue weighted by atomic mass is 16.5. The number of unbranched alkanes of at least 4 members (excludes halogenated alkanes) is 6. The smallest absolute Gasteiger partial charge is 0.0616 e. The van der Waals surface area contributed by atoms with Crippen LogP contribution in [-0.2, 0) is 4.74 Å².